The van der Waals surface area contributed by atoms with Gasteiger partial charge in [0.25, 0.3) is 5.91 Å². The van der Waals surface area contributed by atoms with Crippen molar-refractivity contribution in [3.05, 3.63) is 105 Å². The van der Waals surface area contributed by atoms with Crippen LogP contribution < -0.4 is 0 Å². The zero-order valence-corrected chi connectivity index (χ0v) is 16.5. The maximum atomic E-state index is 13.1. The second-order valence-electron chi connectivity index (χ2n) is 6.82. The fourth-order valence-electron chi connectivity index (χ4n) is 3.52. The number of aliphatic hydroxyl groups excluding tert-OH is 1. The fraction of sp³-hybridized carbons (Fsp3) is 0.0870. The Hall–Kier alpha value is -3.71. The number of hydrogen-bond acceptors (Lipinski definition) is 5. The third kappa shape index (κ3) is 3.51. The minimum atomic E-state index is -1.04. The van der Waals surface area contributed by atoms with Crippen LogP contribution in [0.2, 0.25) is 0 Å². The number of carbonyl (C=O) groups is 3. The number of carboxylic acid groups (broad SMARTS) is 1. The van der Waals surface area contributed by atoms with Gasteiger partial charge in [-0.2, -0.15) is 0 Å². The molecule has 0 radical (unpaired) electrons. The zero-order valence-electron chi connectivity index (χ0n) is 15.7. The molecule has 0 saturated carbocycles. The summed E-state index contributed by atoms with van der Waals surface area (Å²) in [5, 5.41) is 21.5. The number of nitrogens with zero attached hydrogens (tertiary/aromatic N) is 1. The summed E-state index contributed by atoms with van der Waals surface area (Å²) >= 11 is 1.25. The van der Waals surface area contributed by atoms with Gasteiger partial charge < -0.3 is 15.1 Å². The SMILES string of the molecule is O=C(O)c1ccc(CN2C(=O)C(O)=C(C(=O)c3cccs3)C2c2ccccc2)cc1. The molecule has 0 bridgehead atoms. The minimum absolute atomic E-state index is 0.0517. The van der Waals surface area contributed by atoms with Gasteiger partial charge in [-0.15, -0.1) is 11.3 Å². The molecule has 30 heavy (non-hydrogen) atoms. The molecule has 7 heteroatoms. The number of benzene rings is 2. The van der Waals surface area contributed by atoms with E-state index in [0.29, 0.717) is 16.0 Å². The van der Waals surface area contributed by atoms with Gasteiger partial charge in [0.15, 0.2) is 5.76 Å². The van der Waals surface area contributed by atoms with Gasteiger partial charge in [0, 0.05) is 6.54 Å². The normalized spacial score (nSPS) is 16.2. The molecule has 2 N–H and O–H groups in total. The number of hydrogen-bond donors (Lipinski definition) is 2. The summed E-state index contributed by atoms with van der Waals surface area (Å²) in [5.74, 6) is -2.60. The van der Waals surface area contributed by atoms with Crippen LogP contribution in [0, 0.1) is 0 Å². The summed E-state index contributed by atoms with van der Waals surface area (Å²) in [5.41, 5.74) is 1.58. The van der Waals surface area contributed by atoms with Crippen molar-refractivity contribution in [1.29, 1.82) is 0 Å². The van der Waals surface area contributed by atoms with Crippen molar-refractivity contribution in [1.82, 2.24) is 4.90 Å². The highest BCUT2D eigenvalue weighted by Gasteiger charge is 2.43. The first-order chi connectivity index (χ1) is 14.5. The van der Waals surface area contributed by atoms with Crippen molar-refractivity contribution in [2.24, 2.45) is 0 Å². The molecular formula is C23H17NO5S. The van der Waals surface area contributed by atoms with Crippen LogP contribution in [0.4, 0.5) is 0 Å². The molecule has 1 aliphatic heterocycles. The van der Waals surface area contributed by atoms with E-state index in [1.807, 2.05) is 18.2 Å². The van der Waals surface area contributed by atoms with Crippen molar-refractivity contribution in [3.8, 4) is 0 Å². The number of Topliss-reactive ketones (excluding diaryl/α,β-unsaturated/α-hetero) is 1. The topological polar surface area (TPSA) is 94.9 Å². The predicted octanol–water partition coefficient (Wildman–Crippen LogP) is 4.22. The van der Waals surface area contributed by atoms with E-state index in [0.717, 1.165) is 0 Å². The van der Waals surface area contributed by atoms with Crippen LogP contribution in [0.5, 0.6) is 0 Å². The van der Waals surface area contributed by atoms with Gasteiger partial charge in [-0.05, 0) is 34.7 Å². The number of ketones is 1. The van der Waals surface area contributed by atoms with Crippen LogP contribution in [0.15, 0.2) is 83.4 Å². The summed E-state index contributed by atoms with van der Waals surface area (Å²) in [6.07, 6.45) is 0. The Morgan fingerprint density at radius 3 is 2.27 bits per heavy atom. The highest BCUT2D eigenvalue weighted by molar-refractivity contribution is 7.12. The highest BCUT2D eigenvalue weighted by Crippen LogP contribution is 2.40. The maximum Gasteiger partial charge on any atom is 0.335 e. The predicted molar refractivity (Wildman–Crippen MR) is 111 cm³/mol. The van der Waals surface area contributed by atoms with E-state index in [-0.39, 0.29) is 23.5 Å². The molecule has 2 heterocycles. The lowest BCUT2D eigenvalue weighted by Gasteiger charge is -2.27. The molecule has 1 aromatic heterocycles. The van der Waals surface area contributed by atoms with E-state index < -0.39 is 23.7 Å². The Balaban J connectivity index is 1.74. The molecular weight excluding hydrogens is 402 g/mol. The molecule has 0 aliphatic carbocycles. The van der Waals surface area contributed by atoms with Crippen LogP contribution in [0.1, 0.15) is 37.2 Å². The summed E-state index contributed by atoms with van der Waals surface area (Å²) in [6, 6.07) is 17.9. The fourth-order valence-corrected chi connectivity index (χ4v) is 4.20. The zero-order chi connectivity index (χ0) is 21.3. The summed E-state index contributed by atoms with van der Waals surface area (Å²) in [4.78, 5) is 39.0. The molecule has 1 atom stereocenters. The lowest BCUT2D eigenvalue weighted by Crippen LogP contribution is -2.30. The van der Waals surface area contributed by atoms with E-state index in [4.69, 9.17) is 5.11 Å². The Labute approximate surface area is 176 Å². The van der Waals surface area contributed by atoms with Gasteiger partial charge in [0.05, 0.1) is 22.1 Å². The van der Waals surface area contributed by atoms with Crippen molar-refractivity contribution in [3.63, 3.8) is 0 Å². The molecule has 2 aromatic carbocycles. The molecule has 1 unspecified atom stereocenters. The van der Waals surface area contributed by atoms with Crippen LogP contribution in [-0.4, -0.2) is 32.8 Å². The number of aromatic carboxylic acids is 1. The highest BCUT2D eigenvalue weighted by atomic mass is 32.1. The van der Waals surface area contributed by atoms with Crippen LogP contribution in [0.25, 0.3) is 0 Å². The summed E-state index contributed by atoms with van der Waals surface area (Å²) in [6.45, 7) is 0.115. The van der Waals surface area contributed by atoms with Crippen molar-refractivity contribution in [2.75, 3.05) is 0 Å². The van der Waals surface area contributed by atoms with E-state index in [9.17, 15) is 19.5 Å². The maximum absolute atomic E-state index is 13.1. The monoisotopic (exact) mass is 419 g/mol. The molecule has 4 rings (SSSR count). The second-order valence-corrected chi connectivity index (χ2v) is 7.76. The number of amides is 1. The van der Waals surface area contributed by atoms with Gasteiger partial charge in [0.1, 0.15) is 0 Å². The van der Waals surface area contributed by atoms with Crippen molar-refractivity contribution >= 4 is 29.0 Å². The molecule has 0 fully saturated rings. The number of carboxylic acids is 1. The molecule has 6 nitrogen and oxygen atoms in total. The smallest absolute Gasteiger partial charge is 0.335 e. The molecule has 150 valence electrons. The Morgan fingerprint density at radius 2 is 1.67 bits per heavy atom. The molecule has 3 aromatic rings. The molecule has 1 amide bonds. The van der Waals surface area contributed by atoms with Gasteiger partial charge in [0.2, 0.25) is 5.78 Å². The summed E-state index contributed by atoms with van der Waals surface area (Å²) in [7, 11) is 0. The number of aliphatic hydroxyl groups is 1. The Bertz CT molecular complexity index is 1130. The van der Waals surface area contributed by atoms with Crippen molar-refractivity contribution < 1.29 is 24.6 Å². The van der Waals surface area contributed by atoms with Crippen LogP contribution in [0.3, 0.4) is 0 Å². The van der Waals surface area contributed by atoms with E-state index >= 15 is 0 Å². The lowest BCUT2D eigenvalue weighted by atomic mass is 9.95. The lowest BCUT2D eigenvalue weighted by molar-refractivity contribution is -0.130. The van der Waals surface area contributed by atoms with E-state index in [2.05, 4.69) is 0 Å². The average Bonchev–Trinajstić information content (AvgIpc) is 3.38. The quantitative estimate of drug-likeness (QED) is 0.583. The molecule has 0 saturated heterocycles. The van der Waals surface area contributed by atoms with Crippen molar-refractivity contribution in [2.45, 2.75) is 12.6 Å². The van der Waals surface area contributed by atoms with E-state index in [1.165, 1.54) is 28.4 Å². The van der Waals surface area contributed by atoms with Gasteiger partial charge >= 0.3 is 5.97 Å². The standard InChI is InChI=1S/C23H17NO5S/c25-20(17-7-4-12-30-17)18-19(15-5-2-1-3-6-15)24(22(27)21(18)26)13-14-8-10-16(11-9-14)23(28)29/h1-12,19,26H,13H2,(H,28,29). The average molecular weight is 419 g/mol. The van der Waals surface area contributed by atoms with E-state index in [1.54, 1.807) is 41.8 Å². The Morgan fingerprint density at radius 1 is 0.967 bits per heavy atom. The largest absolute Gasteiger partial charge is 0.503 e. The second kappa shape index (κ2) is 7.96. The molecule has 1 aliphatic rings. The summed E-state index contributed by atoms with van der Waals surface area (Å²) < 4.78 is 0. The Kier molecular flexibility index (Phi) is 5.20. The number of rotatable bonds is 6. The van der Waals surface area contributed by atoms with Crippen LogP contribution >= 0.6 is 11.3 Å². The first-order valence-corrected chi connectivity index (χ1v) is 10.0. The third-order valence-electron chi connectivity index (χ3n) is 4.96. The first kappa shape index (κ1) is 19.6. The van der Waals surface area contributed by atoms with Crippen LogP contribution in [-0.2, 0) is 11.3 Å². The number of carbonyl (C=O) groups excluding carboxylic acids is 2. The number of thiophene rings is 1. The van der Waals surface area contributed by atoms with Gasteiger partial charge in [-0.25, -0.2) is 4.79 Å². The minimum Gasteiger partial charge on any atom is -0.503 e. The first-order valence-electron chi connectivity index (χ1n) is 9.17. The third-order valence-corrected chi connectivity index (χ3v) is 5.83. The van der Waals surface area contributed by atoms with Gasteiger partial charge in [-0.3, -0.25) is 9.59 Å². The molecule has 0 spiro atoms. The van der Waals surface area contributed by atoms with Gasteiger partial charge in [-0.1, -0.05) is 48.5 Å².